The maximum absolute atomic E-state index is 4.36. The third-order valence-electron chi connectivity index (χ3n) is 3.80. The van der Waals surface area contributed by atoms with Crippen molar-refractivity contribution in [1.82, 2.24) is 15.5 Å². The van der Waals surface area contributed by atoms with Crippen molar-refractivity contribution in [3.8, 4) is 0 Å². The molecule has 0 bridgehead atoms. The van der Waals surface area contributed by atoms with Gasteiger partial charge in [-0.05, 0) is 25.8 Å². The van der Waals surface area contributed by atoms with Crippen LogP contribution in [0.4, 0.5) is 5.82 Å². The Morgan fingerprint density at radius 2 is 2.12 bits per heavy atom. The second-order valence-electron chi connectivity index (χ2n) is 5.02. The van der Waals surface area contributed by atoms with Gasteiger partial charge in [-0.15, -0.1) is 0 Å². The molecule has 4 heteroatoms. The number of H-pyrrole nitrogens is 1. The zero-order valence-corrected chi connectivity index (χ0v) is 9.63. The van der Waals surface area contributed by atoms with Crippen LogP contribution in [0.15, 0.2) is 6.07 Å². The number of anilines is 1. The normalized spacial score (nSPS) is 26.4. The third kappa shape index (κ3) is 2.07. The number of nitrogens with one attached hydrogen (secondary N) is 3. The summed E-state index contributed by atoms with van der Waals surface area (Å²) >= 11 is 0. The van der Waals surface area contributed by atoms with E-state index >= 15 is 0 Å². The van der Waals surface area contributed by atoms with Crippen molar-refractivity contribution in [1.29, 1.82) is 0 Å². The Bertz CT molecular complexity index is 335. The Hall–Kier alpha value is -1.03. The van der Waals surface area contributed by atoms with E-state index in [-0.39, 0.29) is 0 Å². The SMILES string of the molecule is c1c(NC2CCNC2)n[nH]c1C1CCCC1. The van der Waals surface area contributed by atoms with Gasteiger partial charge in [0.05, 0.1) is 0 Å². The maximum atomic E-state index is 4.36. The van der Waals surface area contributed by atoms with Gasteiger partial charge >= 0.3 is 0 Å². The Morgan fingerprint density at radius 3 is 2.88 bits per heavy atom. The van der Waals surface area contributed by atoms with Crippen LogP contribution in [-0.2, 0) is 0 Å². The summed E-state index contributed by atoms with van der Waals surface area (Å²) < 4.78 is 0. The lowest BCUT2D eigenvalue weighted by atomic mass is 10.0. The fourth-order valence-corrected chi connectivity index (χ4v) is 2.84. The Kier molecular flexibility index (Phi) is 2.82. The Labute approximate surface area is 96.2 Å². The highest BCUT2D eigenvalue weighted by molar-refractivity contribution is 5.38. The largest absolute Gasteiger partial charge is 0.365 e. The van der Waals surface area contributed by atoms with Crippen LogP contribution in [0.2, 0.25) is 0 Å². The minimum atomic E-state index is 0.555. The summed E-state index contributed by atoms with van der Waals surface area (Å²) in [7, 11) is 0. The average Bonchev–Trinajstić information content (AvgIpc) is 2.99. The van der Waals surface area contributed by atoms with E-state index < -0.39 is 0 Å². The second kappa shape index (κ2) is 4.45. The van der Waals surface area contributed by atoms with Gasteiger partial charge in [-0.1, -0.05) is 12.8 Å². The van der Waals surface area contributed by atoms with Crippen LogP contribution in [0, 0.1) is 0 Å². The van der Waals surface area contributed by atoms with Crippen molar-refractivity contribution in [2.24, 2.45) is 0 Å². The highest BCUT2D eigenvalue weighted by atomic mass is 15.2. The van der Waals surface area contributed by atoms with Crippen molar-refractivity contribution in [3.05, 3.63) is 11.8 Å². The zero-order chi connectivity index (χ0) is 10.8. The van der Waals surface area contributed by atoms with Gasteiger partial charge in [0.15, 0.2) is 0 Å². The monoisotopic (exact) mass is 220 g/mol. The lowest BCUT2D eigenvalue weighted by Gasteiger charge is -2.09. The molecule has 2 fully saturated rings. The number of nitrogens with zero attached hydrogens (tertiary/aromatic N) is 1. The third-order valence-corrected chi connectivity index (χ3v) is 3.80. The molecule has 3 N–H and O–H groups in total. The van der Waals surface area contributed by atoms with Crippen LogP contribution < -0.4 is 10.6 Å². The molecule has 0 spiro atoms. The molecule has 88 valence electrons. The van der Waals surface area contributed by atoms with Gasteiger partial charge in [-0.25, -0.2) is 0 Å². The first-order valence-corrected chi connectivity index (χ1v) is 6.44. The minimum absolute atomic E-state index is 0.555. The van der Waals surface area contributed by atoms with Crippen molar-refractivity contribution in [3.63, 3.8) is 0 Å². The van der Waals surface area contributed by atoms with Crippen LogP contribution in [0.1, 0.15) is 43.7 Å². The fraction of sp³-hybridized carbons (Fsp3) is 0.750. The van der Waals surface area contributed by atoms with E-state index in [1.807, 2.05) is 0 Å². The summed E-state index contributed by atoms with van der Waals surface area (Å²) in [4.78, 5) is 0. The summed E-state index contributed by atoms with van der Waals surface area (Å²) in [5, 5.41) is 14.4. The van der Waals surface area contributed by atoms with Crippen LogP contribution in [0.25, 0.3) is 0 Å². The summed E-state index contributed by atoms with van der Waals surface area (Å²) in [5.74, 6) is 1.75. The van der Waals surface area contributed by atoms with E-state index in [0.29, 0.717) is 6.04 Å². The topological polar surface area (TPSA) is 52.7 Å². The van der Waals surface area contributed by atoms with Gasteiger partial charge in [-0.2, -0.15) is 5.10 Å². The maximum Gasteiger partial charge on any atom is 0.148 e. The molecule has 0 aromatic carbocycles. The average molecular weight is 220 g/mol. The smallest absolute Gasteiger partial charge is 0.148 e. The predicted octanol–water partition coefficient (Wildman–Crippen LogP) is 1.84. The molecule has 4 nitrogen and oxygen atoms in total. The van der Waals surface area contributed by atoms with Crippen LogP contribution >= 0.6 is 0 Å². The molecular formula is C12H20N4. The molecule has 3 rings (SSSR count). The first-order valence-electron chi connectivity index (χ1n) is 6.44. The lowest BCUT2D eigenvalue weighted by molar-refractivity contribution is 0.693. The lowest BCUT2D eigenvalue weighted by Crippen LogP contribution is -2.22. The molecular weight excluding hydrogens is 200 g/mol. The van der Waals surface area contributed by atoms with Crippen LogP contribution in [0.5, 0.6) is 0 Å². The Balaban J connectivity index is 1.62. The minimum Gasteiger partial charge on any atom is -0.365 e. The molecule has 1 aromatic heterocycles. The molecule has 0 radical (unpaired) electrons. The number of hydrogen-bond acceptors (Lipinski definition) is 3. The molecule has 0 amide bonds. The fourth-order valence-electron chi connectivity index (χ4n) is 2.84. The number of aromatic nitrogens is 2. The van der Waals surface area contributed by atoms with Gasteiger partial charge < -0.3 is 10.6 Å². The van der Waals surface area contributed by atoms with Crippen molar-refractivity contribution in [2.45, 2.75) is 44.1 Å². The van der Waals surface area contributed by atoms with Gasteiger partial charge in [0.25, 0.3) is 0 Å². The number of hydrogen-bond donors (Lipinski definition) is 3. The molecule has 1 saturated heterocycles. The molecule has 1 aliphatic carbocycles. The van der Waals surface area contributed by atoms with E-state index in [0.717, 1.165) is 24.8 Å². The zero-order valence-electron chi connectivity index (χ0n) is 9.63. The van der Waals surface area contributed by atoms with Crippen molar-refractivity contribution < 1.29 is 0 Å². The first-order chi connectivity index (χ1) is 7.92. The number of aromatic amines is 1. The second-order valence-corrected chi connectivity index (χ2v) is 5.02. The van der Waals surface area contributed by atoms with Crippen LogP contribution in [-0.4, -0.2) is 29.3 Å². The molecule has 1 aromatic rings. The summed E-state index contributed by atoms with van der Waals surface area (Å²) in [6.45, 7) is 2.18. The summed E-state index contributed by atoms with van der Waals surface area (Å²) in [5.41, 5.74) is 1.32. The quantitative estimate of drug-likeness (QED) is 0.728. The first kappa shape index (κ1) is 10.1. The summed E-state index contributed by atoms with van der Waals surface area (Å²) in [6, 6.07) is 2.76. The molecule has 1 atom stereocenters. The van der Waals surface area contributed by atoms with E-state index in [2.05, 4.69) is 26.9 Å². The summed E-state index contributed by atoms with van der Waals surface area (Å²) in [6.07, 6.45) is 6.60. The van der Waals surface area contributed by atoms with E-state index in [9.17, 15) is 0 Å². The van der Waals surface area contributed by atoms with Crippen molar-refractivity contribution >= 4 is 5.82 Å². The molecule has 2 heterocycles. The van der Waals surface area contributed by atoms with E-state index in [1.54, 1.807) is 0 Å². The van der Waals surface area contributed by atoms with Gasteiger partial charge in [0, 0.05) is 30.3 Å². The van der Waals surface area contributed by atoms with Gasteiger partial charge in [0.2, 0.25) is 0 Å². The predicted molar refractivity (Wildman–Crippen MR) is 64.7 cm³/mol. The molecule has 1 aliphatic heterocycles. The van der Waals surface area contributed by atoms with E-state index in [1.165, 1.54) is 37.8 Å². The van der Waals surface area contributed by atoms with Crippen LogP contribution in [0.3, 0.4) is 0 Å². The number of rotatable bonds is 3. The highest BCUT2D eigenvalue weighted by Gasteiger charge is 2.20. The van der Waals surface area contributed by atoms with E-state index in [4.69, 9.17) is 0 Å². The van der Waals surface area contributed by atoms with Gasteiger partial charge in [-0.3, -0.25) is 5.10 Å². The molecule has 1 saturated carbocycles. The van der Waals surface area contributed by atoms with Crippen molar-refractivity contribution in [2.75, 3.05) is 18.4 Å². The highest BCUT2D eigenvalue weighted by Crippen LogP contribution is 2.33. The molecule has 2 aliphatic rings. The standard InChI is InChI=1S/C12H20N4/c1-2-4-9(3-1)11-7-12(16-15-11)14-10-5-6-13-8-10/h7,9-10,13H,1-6,8H2,(H2,14,15,16). The Morgan fingerprint density at radius 1 is 1.25 bits per heavy atom. The molecule has 1 unspecified atom stereocenters. The molecule has 16 heavy (non-hydrogen) atoms. The van der Waals surface area contributed by atoms with Gasteiger partial charge in [0.1, 0.15) is 5.82 Å².